The third kappa shape index (κ3) is 3.69. The lowest BCUT2D eigenvalue weighted by Crippen LogP contribution is -2.51. The Morgan fingerprint density at radius 2 is 2.17 bits per heavy atom. The summed E-state index contributed by atoms with van der Waals surface area (Å²) in [6.45, 7) is 10.0. The van der Waals surface area contributed by atoms with Crippen LogP contribution in [-0.2, 0) is 4.79 Å². The number of nitrogens with one attached hydrogen (secondary N) is 2. The van der Waals surface area contributed by atoms with Crippen molar-refractivity contribution in [1.82, 2.24) is 10.6 Å². The van der Waals surface area contributed by atoms with E-state index >= 15 is 0 Å². The molecular weight excluding hydrogens is 228 g/mol. The van der Waals surface area contributed by atoms with Crippen LogP contribution in [0.3, 0.4) is 0 Å². The molecule has 0 radical (unpaired) electrons. The topological polar surface area (TPSA) is 61.4 Å². The molecule has 1 aliphatic heterocycles. The normalized spacial score (nSPS) is 22.9. The molecular formula is C14H28N2O2. The van der Waals surface area contributed by atoms with Gasteiger partial charge in [-0.05, 0) is 37.8 Å². The molecule has 18 heavy (non-hydrogen) atoms. The van der Waals surface area contributed by atoms with Gasteiger partial charge < -0.3 is 15.7 Å². The fraction of sp³-hybridized carbons (Fsp3) is 0.929. The molecule has 2 atom stereocenters. The molecule has 1 heterocycles. The number of piperidine rings is 1. The third-order valence-electron chi connectivity index (χ3n) is 4.22. The van der Waals surface area contributed by atoms with Crippen LogP contribution in [0.15, 0.2) is 0 Å². The van der Waals surface area contributed by atoms with Gasteiger partial charge in [0.1, 0.15) is 0 Å². The van der Waals surface area contributed by atoms with Crippen LogP contribution in [-0.4, -0.2) is 36.8 Å². The minimum Gasteiger partial charge on any atom is -0.394 e. The van der Waals surface area contributed by atoms with Crippen molar-refractivity contribution in [2.75, 3.05) is 19.7 Å². The Balaban J connectivity index is 2.62. The van der Waals surface area contributed by atoms with Crippen LogP contribution in [0.5, 0.6) is 0 Å². The van der Waals surface area contributed by atoms with Crippen molar-refractivity contribution in [2.45, 2.75) is 46.6 Å². The van der Waals surface area contributed by atoms with Crippen molar-refractivity contribution >= 4 is 5.91 Å². The average Bonchev–Trinajstić information content (AvgIpc) is 2.36. The number of hydrogen-bond donors (Lipinski definition) is 3. The number of rotatable bonds is 5. The summed E-state index contributed by atoms with van der Waals surface area (Å²) in [5, 5.41) is 15.6. The zero-order chi connectivity index (χ0) is 13.8. The van der Waals surface area contributed by atoms with E-state index in [1.807, 2.05) is 27.7 Å². The van der Waals surface area contributed by atoms with E-state index in [0.29, 0.717) is 5.92 Å². The SMILES string of the molecule is CC(C)[C@@H](CO)NC(=O)C(C)(C)C1CCCNC1. The summed E-state index contributed by atoms with van der Waals surface area (Å²) >= 11 is 0. The van der Waals surface area contributed by atoms with Gasteiger partial charge in [-0.15, -0.1) is 0 Å². The summed E-state index contributed by atoms with van der Waals surface area (Å²) in [6, 6.07) is -0.145. The highest BCUT2D eigenvalue weighted by Crippen LogP contribution is 2.32. The fourth-order valence-corrected chi connectivity index (χ4v) is 2.43. The van der Waals surface area contributed by atoms with Gasteiger partial charge in [0.2, 0.25) is 5.91 Å². The van der Waals surface area contributed by atoms with Gasteiger partial charge in [0.15, 0.2) is 0 Å². The van der Waals surface area contributed by atoms with E-state index < -0.39 is 0 Å². The Labute approximate surface area is 111 Å². The molecule has 1 aliphatic rings. The van der Waals surface area contributed by atoms with Crippen molar-refractivity contribution in [3.63, 3.8) is 0 Å². The maximum absolute atomic E-state index is 12.4. The second kappa shape index (κ2) is 6.53. The molecule has 1 saturated heterocycles. The summed E-state index contributed by atoms with van der Waals surface area (Å²) in [5.74, 6) is 0.681. The van der Waals surface area contributed by atoms with Gasteiger partial charge in [-0.2, -0.15) is 0 Å². The molecule has 4 heteroatoms. The van der Waals surface area contributed by atoms with E-state index in [1.165, 1.54) is 0 Å². The van der Waals surface area contributed by atoms with Gasteiger partial charge in [0.05, 0.1) is 12.6 Å². The molecule has 3 N–H and O–H groups in total. The maximum atomic E-state index is 12.4. The van der Waals surface area contributed by atoms with Crippen LogP contribution in [0, 0.1) is 17.3 Å². The predicted molar refractivity (Wildman–Crippen MR) is 73.2 cm³/mol. The molecule has 0 aromatic heterocycles. The second-order valence-electron chi connectivity index (χ2n) is 6.27. The third-order valence-corrected chi connectivity index (χ3v) is 4.22. The summed E-state index contributed by atoms with van der Waals surface area (Å²) in [6.07, 6.45) is 2.23. The molecule has 1 fully saturated rings. The Kier molecular flexibility index (Phi) is 5.60. The quantitative estimate of drug-likeness (QED) is 0.691. The smallest absolute Gasteiger partial charge is 0.226 e. The number of amides is 1. The van der Waals surface area contributed by atoms with E-state index in [4.69, 9.17) is 0 Å². The molecule has 4 nitrogen and oxygen atoms in total. The Hall–Kier alpha value is -0.610. The van der Waals surface area contributed by atoms with Crippen molar-refractivity contribution in [3.05, 3.63) is 0 Å². The minimum atomic E-state index is -0.379. The van der Waals surface area contributed by atoms with Gasteiger partial charge in [-0.25, -0.2) is 0 Å². The van der Waals surface area contributed by atoms with Crippen LogP contribution < -0.4 is 10.6 Å². The summed E-state index contributed by atoms with van der Waals surface area (Å²) in [5.41, 5.74) is -0.379. The molecule has 1 unspecified atom stereocenters. The van der Waals surface area contributed by atoms with Gasteiger partial charge >= 0.3 is 0 Å². The van der Waals surface area contributed by atoms with Crippen molar-refractivity contribution in [2.24, 2.45) is 17.3 Å². The molecule has 1 rings (SSSR count). The molecule has 1 amide bonds. The van der Waals surface area contributed by atoms with Crippen molar-refractivity contribution in [3.8, 4) is 0 Å². The average molecular weight is 256 g/mol. The zero-order valence-corrected chi connectivity index (χ0v) is 12.1. The summed E-state index contributed by atoms with van der Waals surface area (Å²) < 4.78 is 0. The van der Waals surface area contributed by atoms with E-state index in [9.17, 15) is 9.90 Å². The molecule has 106 valence electrons. The van der Waals surface area contributed by atoms with Gasteiger partial charge in [-0.1, -0.05) is 27.7 Å². The molecule has 0 aromatic rings. The number of carbonyl (C=O) groups excluding carboxylic acids is 1. The fourth-order valence-electron chi connectivity index (χ4n) is 2.43. The number of aliphatic hydroxyl groups is 1. The number of carbonyl (C=O) groups is 1. The Morgan fingerprint density at radius 3 is 2.61 bits per heavy atom. The highest BCUT2D eigenvalue weighted by Gasteiger charge is 2.38. The van der Waals surface area contributed by atoms with Gasteiger partial charge in [0.25, 0.3) is 0 Å². The van der Waals surface area contributed by atoms with E-state index in [-0.39, 0.29) is 29.9 Å². The van der Waals surface area contributed by atoms with E-state index in [0.717, 1.165) is 25.9 Å². The zero-order valence-electron chi connectivity index (χ0n) is 12.1. The van der Waals surface area contributed by atoms with Crippen molar-refractivity contribution < 1.29 is 9.90 Å². The predicted octanol–water partition coefficient (Wildman–Crippen LogP) is 1.15. The lowest BCUT2D eigenvalue weighted by atomic mass is 9.74. The van der Waals surface area contributed by atoms with Crippen LogP contribution in [0.2, 0.25) is 0 Å². The number of hydrogen-bond acceptors (Lipinski definition) is 3. The lowest BCUT2D eigenvalue weighted by molar-refractivity contribution is -0.134. The summed E-state index contributed by atoms with van der Waals surface area (Å²) in [4.78, 5) is 12.4. The van der Waals surface area contributed by atoms with Crippen LogP contribution in [0.4, 0.5) is 0 Å². The Bertz CT molecular complexity index is 271. The molecule has 0 saturated carbocycles. The minimum absolute atomic E-state index is 0.00238. The molecule has 0 aliphatic carbocycles. The first kappa shape index (κ1) is 15.4. The summed E-state index contributed by atoms with van der Waals surface area (Å²) in [7, 11) is 0. The highest BCUT2D eigenvalue weighted by atomic mass is 16.3. The molecule has 0 aromatic carbocycles. The highest BCUT2D eigenvalue weighted by molar-refractivity contribution is 5.82. The van der Waals surface area contributed by atoms with E-state index in [2.05, 4.69) is 10.6 Å². The van der Waals surface area contributed by atoms with Gasteiger partial charge in [0, 0.05) is 5.41 Å². The molecule has 0 bridgehead atoms. The van der Waals surface area contributed by atoms with E-state index in [1.54, 1.807) is 0 Å². The van der Waals surface area contributed by atoms with Crippen LogP contribution >= 0.6 is 0 Å². The Morgan fingerprint density at radius 1 is 1.50 bits per heavy atom. The first-order chi connectivity index (χ1) is 8.39. The van der Waals surface area contributed by atoms with Crippen LogP contribution in [0.1, 0.15) is 40.5 Å². The monoisotopic (exact) mass is 256 g/mol. The first-order valence-electron chi connectivity index (χ1n) is 7.02. The molecule has 0 spiro atoms. The standard InChI is InChI=1S/C14H28N2O2/c1-10(2)12(9-17)16-13(18)14(3,4)11-6-5-7-15-8-11/h10-12,15,17H,5-9H2,1-4H3,(H,16,18)/t11?,12-/m1/s1. The second-order valence-corrected chi connectivity index (χ2v) is 6.27. The first-order valence-corrected chi connectivity index (χ1v) is 7.02. The largest absolute Gasteiger partial charge is 0.394 e. The number of aliphatic hydroxyl groups excluding tert-OH is 1. The van der Waals surface area contributed by atoms with Gasteiger partial charge in [-0.3, -0.25) is 4.79 Å². The maximum Gasteiger partial charge on any atom is 0.226 e. The van der Waals surface area contributed by atoms with Crippen molar-refractivity contribution in [1.29, 1.82) is 0 Å². The van der Waals surface area contributed by atoms with Crippen LogP contribution in [0.25, 0.3) is 0 Å². The lowest BCUT2D eigenvalue weighted by Gasteiger charge is -2.37.